The number of hydrogen-bond donors (Lipinski definition) is 1. The molecule has 6 aromatic rings. The van der Waals surface area contributed by atoms with Crippen LogP contribution >= 0.6 is 0 Å². The second-order valence-corrected chi connectivity index (χ2v) is 16.3. The van der Waals surface area contributed by atoms with Gasteiger partial charge in [0.05, 0.1) is 5.69 Å². The fourth-order valence-electron chi connectivity index (χ4n) is 9.28. The average Bonchev–Trinajstić information content (AvgIpc) is 3.18. The SMILES string of the molecule is CC(C)c1cccc(C(C)C)c1N1C(=O)c2ccc3c4ccc5c6c(ccc(c7ccc(c2c37)C1=O)c64)C(=O)N(CCCCCCCCCCCC(=O)O)C5=O. The smallest absolute Gasteiger partial charge is 0.303 e. The van der Waals surface area contributed by atoms with Crippen molar-refractivity contribution >= 4 is 78.4 Å². The summed E-state index contributed by atoms with van der Waals surface area (Å²) >= 11 is 0. The zero-order valence-electron chi connectivity index (χ0n) is 32.7. The van der Waals surface area contributed by atoms with E-state index in [-0.39, 0.29) is 41.9 Å². The molecule has 8 rings (SSSR count). The van der Waals surface area contributed by atoms with E-state index in [1.807, 2.05) is 66.7 Å². The molecule has 8 heteroatoms. The maximum atomic E-state index is 14.6. The van der Waals surface area contributed by atoms with Crippen LogP contribution in [0, 0.1) is 0 Å². The van der Waals surface area contributed by atoms with Crippen LogP contribution in [0.3, 0.4) is 0 Å². The molecule has 0 aromatic heterocycles. The number of imide groups is 2. The van der Waals surface area contributed by atoms with Crippen LogP contribution < -0.4 is 4.90 Å². The Labute approximate surface area is 326 Å². The van der Waals surface area contributed by atoms with Crippen LogP contribution in [0.15, 0.2) is 66.7 Å². The number of benzene rings is 6. The minimum absolute atomic E-state index is 0.0986. The highest BCUT2D eigenvalue weighted by Gasteiger charge is 2.39. The van der Waals surface area contributed by atoms with E-state index in [2.05, 4.69) is 27.7 Å². The molecular formula is C48H48N2O6. The van der Waals surface area contributed by atoms with Gasteiger partial charge in [-0.05, 0) is 92.4 Å². The molecule has 0 unspecified atom stereocenters. The lowest BCUT2D eigenvalue weighted by molar-refractivity contribution is -0.137. The third-order valence-electron chi connectivity index (χ3n) is 12.1. The van der Waals surface area contributed by atoms with Crippen LogP contribution in [0.5, 0.6) is 0 Å². The Bertz CT molecular complexity index is 2450. The fourth-order valence-corrected chi connectivity index (χ4v) is 9.28. The van der Waals surface area contributed by atoms with Gasteiger partial charge in [0.2, 0.25) is 0 Å². The third-order valence-corrected chi connectivity index (χ3v) is 12.1. The summed E-state index contributed by atoms with van der Waals surface area (Å²) in [5.41, 5.74) is 4.59. The molecule has 2 heterocycles. The van der Waals surface area contributed by atoms with Gasteiger partial charge in [-0.25, -0.2) is 4.90 Å². The number of carboxylic acid groups (broad SMARTS) is 1. The number of hydrogen-bond acceptors (Lipinski definition) is 5. The van der Waals surface area contributed by atoms with E-state index in [0.29, 0.717) is 45.3 Å². The van der Waals surface area contributed by atoms with Crippen molar-refractivity contribution in [1.82, 2.24) is 4.90 Å². The lowest BCUT2D eigenvalue weighted by Gasteiger charge is -2.33. The number of carbonyl (C=O) groups is 5. The summed E-state index contributed by atoms with van der Waals surface area (Å²) in [6.07, 6.45) is 8.93. The van der Waals surface area contributed by atoms with E-state index < -0.39 is 5.97 Å². The monoisotopic (exact) mass is 748 g/mol. The lowest BCUT2D eigenvalue weighted by Crippen LogP contribution is -2.41. The van der Waals surface area contributed by atoms with Gasteiger partial charge in [-0.1, -0.05) is 115 Å². The molecule has 8 nitrogen and oxygen atoms in total. The van der Waals surface area contributed by atoms with Crippen molar-refractivity contribution in [3.8, 4) is 0 Å². The van der Waals surface area contributed by atoms with Crippen LogP contribution in [0.25, 0.3) is 43.1 Å². The Balaban J connectivity index is 1.10. The van der Waals surface area contributed by atoms with Gasteiger partial charge in [-0.2, -0.15) is 0 Å². The zero-order chi connectivity index (χ0) is 39.4. The molecule has 0 atom stereocenters. The summed E-state index contributed by atoms with van der Waals surface area (Å²) in [6.45, 7) is 8.68. The minimum Gasteiger partial charge on any atom is -0.481 e. The number of carboxylic acids is 1. The Morgan fingerprint density at radius 1 is 0.500 bits per heavy atom. The van der Waals surface area contributed by atoms with Gasteiger partial charge in [-0.15, -0.1) is 0 Å². The first-order valence-electron chi connectivity index (χ1n) is 20.3. The first kappa shape index (κ1) is 37.3. The molecule has 0 bridgehead atoms. The van der Waals surface area contributed by atoms with Crippen LogP contribution in [0.1, 0.15) is 156 Å². The standard InChI is InChI=1S/C48H48N2O6/c1-27(2)29-15-14-16-30(28(3)4)44(29)50-47(55)37-24-20-33-31-18-22-35-42-36(23-19-32(40(31)42)34-21-25-38(48(50)56)43(37)41(33)34)46(54)49(45(35)53)26-13-11-9-7-5-6-8-10-12-17-39(51)52/h14-16,18-25,27-28H,5-13,17,26H2,1-4H3,(H,51,52). The lowest BCUT2D eigenvalue weighted by atomic mass is 9.82. The maximum Gasteiger partial charge on any atom is 0.303 e. The van der Waals surface area contributed by atoms with E-state index in [9.17, 15) is 24.0 Å². The first-order valence-corrected chi connectivity index (χ1v) is 20.3. The molecule has 1 N–H and O–H groups in total. The molecule has 6 aromatic carbocycles. The number of anilines is 1. The van der Waals surface area contributed by atoms with Gasteiger partial charge in [0.25, 0.3) is 23.6 Å². The third kappa shape index (κ3) is 6.01. The largest absolute Gasteiger partial charge is 0.481 e. The molecule has 56 heavy (non-hydrogen) atoms. The highest BCUT2D eigenvalue weighted by atomic mass is 16.4. The number of aliphatic carboxylic acids is 1. The first-order chi connectivity index (χ1) is 27.0. The van der Waals surface area contributed by atoms with Gasteiger partial charge in [0, 0.05) is 46.0 Å². The quantitative estimate of drug-likeness (QED) is 0.0484. The number of rotatable bonds is 15. The van der Waals surface area contributed by atoms with E-state index in [1.165, 1.54) is 9.80 Å². The predicted molar refractivity (Wildman–Crippen MR) is 223 cm³/mol. The Hall–Kier alpha value is -5.63. The van der Waals surface area contributed by atoms with Gasteiger partial charge in [0.1, 0.15) is 0 Å². The summed E-state index contributed by atoms with van der Waals surface area (Å²) in [5.74, 6) is -1.76. The number of nitrogens with zero attached hydrogens (tertiary/aromatic N) is 2. The minimum atomic E-state index is -0.735. The van der Waals surface area contributed by atoms with E-state index in [4.69, 9.17) is 5.11 Å². The van der Waals surface area contributed by atoms with Crippen molar-refractivity contribution in [3.63, 3.8) is 0 Å². The molecule has 4 amide bonds. The molecule has 0 saturated heterocycles. The van der Waals surface area contributed by atoms with Crippen molar-refractivity contribution in [2.24, 2.45) is 0 Å². The van der Waals surface area contributed by atoms with Gasteiger partial charge in [0.15, 0.2) is 0 Å². The van der Waals surface area contributed by atoms with Gasteiger partial charge >= 0.3 is 5.97 Å². The second-order valence-electron chi connectivity index (χ2n) is 16.3. The van der Waals surface area contributed by atoms with Crippen molar-refractivity contribution < 1.29 is 29.1 Å². The molecule has 0 fully saturated rings. The molecule has 2 aliphatic rings. The maximum absolute atomic E-state index is 14.6. The van der Waals surface area contributed by atoms with Crippen molar-refractivity contribution in [2.45, 2.75) is 104 Å². The van der Waals surface area contributed by atoms with Crippen molar-refractivity contribution in [3.05, 3.63) is 100 Å². The molecular weight excluding hydrogens is 701 g/mol. The van der Waals surface area contributed by atoms with Crippen LogP contribution in [0.2, 0.25) is 0 Å². The molecule has 286 valence electrons. The van der Waals surface area contributed by atoms with E-state index >= 15 is 0 Å². The zero-order valence-corrected chi connectivity index (χ0v) is 32.7. The van der Waals surface area contributed by atoms with Gasteiger partial charge in [-0.3, -0.25) is 28.9 Å². The average molecular weight is 749 g/mol. The summed E-state index contributed by atoms with van der Waals surface area (Å²) < 4.78 is 0. The Morgan fingerprint density at radius 2 is 0.875 bits per heavy atom. The number of carbonyl (C=O) groups excluding carboxylic acids is 4. The van der Waals surface area contributed by atoms with E-state index in [0.717, 1.165) is 101 Å². The Kier molecular flexibility index (Phi) is 9.85. The number of fused-ring (bicyclic) bond motifs is 2. The summed E-state index contributed by atoms with van der Waals surface area (Å²) in [4.78, 5) is 70.6. The summed E-state index contributed by atoms with van der Waals surface area (Å²) in [6, 6.07) is 21.2. The number of para-hydroxylation sites is 1. The van der Waals surface area contributed by atoms with Crippen molar-refractivity contribution in [2.75, 3.05) is 11.4 Å². The molecule has 0 radical (unpaired) electrons. The molecule has 0 aliphatic carbocycles. The summed E-state index contributed by atoms with van der Waals surface area (Å²) in [5, 5.41) is 15.3. The summed E-state index contributed by atoms with van der Waals surface area (Å²) in [7, 11) is 0. The van der Waals surface area contributed by atoms with Gasteiger partial charge < -0.3 is 5.11 Å². The van der Waals surface area contributed by atoms with Crippen LogP contribution in [0.4, 0.5) is 5.69 Å². The van der Waals surface area contributed by atoms with Crippen molar-refractivity contribution in [1.29, 1.82) is 0 Å². The molecule has 2 aliphatic heterocycles. The topological polar surface area (TPSA) is 112 Å². The fraction of sp³-hybridized carbons (Fsp3) is 0.354. The Morgan fingerprint density at radius 3 is 1.27 bits per heavy atom. The molecule has 0 saturated carbocycles. The highest BCUT2D eigenvalue weighted by Crippen LogP contribution is 2.47. The van der Waals surface area contributed by atoms with Crippen LogP contribution in [-0.2, 0) is 4.79 Å². The molecule has 0 spiro atoms. The highest BCUT2D eigenvalue weighted by molar-refractivity contribution is 6.44. The van der Waals surface area contributed by atoms with E-state index in [1.54, 1.807) is 0 Å². The number of unbranched alkanes of at least 4 members (excludes halogenated alkanes) is 8. The van der Waals surface area contributed by atoms with Crippen LogP contribution in [-0.4, -0.2) is 46.1 Å². The number of amides is 4. The second kappa shape index (κ2) is 14.8. The normalized spacial score (nSPS) is 14.3. The predicted octanol–water partition coefficient (Wildman–Crippen LogP) is 11.4.